The van der Waals surface area contributed by atoms with Crippen LogP contribution < -0.4 is 5.32 Å². The Bertz CT molecular complexity index is 728. The Hall–Kier alpha value is -2.17. The number of rotatable bonds is 5. The molecule has 0 aliphatic carbocycles. The number of aryl methyl sites for hydroxylation is 1. The number of hydrogen-bond donors (Lipinski definition) is 2. The largest absolute Gasteiger partial charge is 0.392 e. The molecule has 132 valence electrons. The van der Waals surface area contributed by atoms with E-state index in [0.717, 1.165) is 12.0 Å². The van der Waals surface area contributed by atoms with Crippen LogP contribution in [0.25, 0.3) is 0 Å². The van der Waals surface area contributed by atoms with Gasteiger partial charge in [-0.1, -0.05) is 48.5 Å². The fourth-order valence-corrected chi connectivity index (χ4v) is 3.62. The van der Waals surface area contributed by atoms with Crippen molar-refractivity contribution in [1.29, 1.82) is 0 Å². The van der Waals surface area contributed by atoms with Gasteiger partial charge in [0.05, 0.1) is 18.7 Å². The molecule has 3 rings (SSSR count). The number of fused-ring (bicyclic) bond motifs is 1. The third-order valence-corrected chi connectivity index (χ3v) is 4.77. The maximum atomic E-state index is 12.9. The Morgan fingerprint density at radius 3 is 2.72 bits per heavy atom. The zero-order chi connectivity index (χ0) is 17.8. The standard InChI is InChI=1S/C21H26N2O2/c1-15-7-6-10-17-11-12-23(19(25)14-22-13-16(2)24)21(20(15)17)18-8-4-3-5-9-18/h3-10,16,21-22,24H,11-14H2,1-2H3/t16-,21?/m1/s1. The van der Waals surface area contributed by atoms with Crippen molar-refractivity contribution in [2.45, 2.75) is 32.4 Å². The summed E-state index contributed by atoms with van der Waals surface area (Å²) in [5, 5.41) is 12.4. The number of nitrogens with one attached hydrogen (secondary N) is 1. The predicted molar refractivity (Wildman–Crippen MR) is 99.4 cm³/mol. The van der Waals surface area contributed by atoms with E-state index in [4.69, 9.17) is 0 Å². The predicted octanol–water partition coefficient (Wildman–Crippen LogP) is 2.44. The molecule has 25 heavy (non-hydrogen) atoms. The zero-order valence-corrected chi connectivity index (χ0v) is 14.9. The molecule has 1 heterocycles. The average molecular weight is 338 g/mol. The van der Waals surface area contributed by atoms with Gasteiger partial charge in [-0.2, -0.15) is 0 Å². The number of carbonyl (C=O) groups excluding carboxylic acids is 1. The van der Waals surface area contributed by atoms with Gasteiger partial charge in [0.15, 0.2) is 0 Å². The quantitative estimate of drug-likeness (QED) is 0.880. The molecule has 4 nitrogen and oxygen atoms in total. The normalized spacial score (nSPS) is 17.9. The first-order valence-corrected chi connectivity index (χ1v) is 8.89. The molecule has 1 aliphatic heterocycles. The molecule has 0 aromatic heterocycles. The highest BCUT2D eigenvalue weighted by Crippen LogP contribution is 2.37. The summed E-state index contributed by atoms with van der Waals surface area (Å²) in [4.78, 5) is 14.8. The lowest BCUT2D eigenvalue weighted by molar-refractivity contribution is -0.132. The first kappa shape index (κ1) is 17.6. The first-order chi connectivity index (χ1) is 12.1. The highest BCUT2D eigenvalue weighted by molar-refractivity contribution is 5.80. The molecule has 4 heteroatoms. The molecule has 0 fully saturated rings. The number of hydrogen-bond acceptors (Lipinski definition) is 3. The Balaban J connectivity index is 1.92. The Labute approximate surface area is 149 Å². The second-order valence-electron chi connectivity index (χ2n) is 6.78. The molecule has 2 aromatic rings. The van der Waals surface area contributed by atoms with Crippen LogP contribution in [0.15, 0.2) is 48.5 Å². The summed E-state index contributed by atoms with van der Waals surface area (Å²) < 4.78 is 0. The van der Waals surface area contributed by atoms with Gasteiger partial charge in [0.25, 0.3) is 0 Å². The van der Waals surface area contributed by atoms with E-state index in [9.17, 15) is 9.90 Å². The van der Waals surface area contributed by atoms with Crippen LogP contribution in [-0.2, 0) is 11.2 Å². The molecule has 2 N–H and O–H groups in total. The van der Waals surface area contributed by atoms with Crippen molar-refractivity contribution >= 4 is 5.91 Å². The van der Waals surface area contributed by atoms with Gasteiger partial charge in [-0.15, -0.1) is 0 Å². The maximum absolute atomic E-state index is 12.9. The monoisotopic (exact) mass is 338 g/mol. The molecule has 0 saturated heterocycles. The van der Waals surface area contributed by atoms with Gasteiger partial charge in [-0.25, -0.2) is 0 Å². The van der Waals surface area contributed by atoms with E-state index in [1.807, 2.05) is 23.1 Å². The number of aliphatic hydroxyl groups is 1. The summed E-state index contributed by atoms with van der Waals surface area (Å²) in [6.07, 6.45) is 0.421. The van der Waals surface area contributed by atoms with Crippen LogP contribution >= 0.6 is 0 Å². The first-order valence-electron chi connectivity index (χ1n) is 8.89. The van der Waals surface area contributed by atoms with Crippen LogP contribution in [0.1, 0.15) is 35.2 Å². The molecule has 2 atom stereocenters. The molecule has 0 radical (unpaired) electrons. The number of carbonyl (C=O) groups is 1. The van der Waals surface area contributed by atoms with Crippen LogP contribution in [0, 0.1) is 6.92 Å². The fraction of sp³-hybridized carbons (Fsp3) is 0.381. The van der Waals surface area contributed by atoms with E-state index in [1.54, 1.807) is 6.92 Å². The minimum absolute atomic E-state index is 0.0491. The zero-order valence-electron chi connectivity index (χ0n) is 14.9. The fourth-order valence-electron chi connectivity index (χ4n) is 3.62. The highest BCUT2D eigenvalue weighted by atomic mass is 16.3. The molecular formula is C21H26N2O2. The van der Waals surface area contributed by atoms with Crippen molar-refractivity contribution < 1.29 is 9.90 Å². The number of aliphatic hydroxyl groups excluding tert-OH is 1. The van der Waals surface area contributed by atoms with Crippen molar-refractivity contribution in [2.75, 3.05) is 19.6 Å². The lowest BCUT2D eigenvalue weighted by Crippen LogP contribution is -2.45. The van der Waals surface area contributed by atoms with Gasteiger partial charge in [-0.3, -0.25) is 4.79 Å². The number of nitrogens with zero attached hydrogens (tertiary/aromatic N) is 1. The van der Waals surface area contributed by atoms with Gasteiger partial charge >= 0.3 is 0 Å². The lowest BCUT2D eigenvalue weighted by atomic mass is 9.85. The molecule has 1 amide bonds. The molecule has 0 spiro atoms. The second kappa shape index (κ2) is 7.81. The van der Waals surface area contributed by atoms with Gasteiger partial charge in [-0.05, 0) is 42.5 Å². The Kier molecular flexibility index (Phi) is 5.51. The van der Waals surface area contributed by atoms with Crippen molar-refractivity contribution in [1.82, 2.24) is 10.2 Å². The smallest absolute Gasteiger partial charge is 0.237 e. The van der Waals surface area contributed by atoms with Crippen molar-refractivity contribution in [3.05, 3.63) is 70.8 Å². The third-order valence-electron chi connectivity index (χ3n) is 4.77. The SMILES string of the molecule is Cc1cccc2c1C(c1ccccc1)N(C(=O)CNC[C@@H](C)O)CC2. The average Bonchev–Trinajstić information content (AvgIpc) is 2.61. The van der Waals surface area contributed by atoms with Crippen LogP contribution in [-0.4, -0.2) is 41.7 Å². The molecular weight excluding hydrogens is 312 g/mol. The van der Waals surface area contributed by atoms with E-state index < -0.39 is 6.10 Å². The lowest BCUT2D eigenvalue weighted by Gasteiger charge is -2.39. The summed E-state index contributed by atoms with van der Waals surface area (Å²) in [6, 6.07) is 16.6. The summed E-state index contributed by atoms with van der Waals surface area (Å²) in [6.45, 7) is 5.21. The topological polar surface area (TPSA) is 52.6 Å². The Morgan fingerprint density at radius 1 is 1.24 bits per heavy atom. The molecule has 2 aromatic carbocycles. The summed E-state index contributed by atoms with van der Waals surface area (Å²) in [5.41, 5.74) is 4.95. The highest BCUT2D eigenvalue weighted by Gasteiger charge is 2.32. The number of benzene rings is 2. The van der Waals surface area contributed by atoms with Crippen LogP contribution in [0.4, 0.5) is 0 Å². The summed E-state index contributed by atoms with van der Waals surface area (Å²) in [5.74, 6) is 0.0726. The van der Waals surface area contributed by atoms with E-state index in [0.29, 0.717) is 13.1 Å². The molecule has 0 saturated carbocycles. The minimum Gasteiger partial charge on any atom is -0.392 e. The second-order valence-corrected chi connectivity index (χ2v) is 6.78. The van der Waals surface area contributed by atoms with Gasteiger partial charge < -0.3 is 15.3 Å². The van der Waals surface area contributed by atoms with Crippen molar-refractivity contribution in [3.63, 3.8) is 0 Å². The van der Waals surface area contributed by atoms with Crippen LogP contribution in [0.5, 0.6) is 0 Å². The van der Waals surface area contributed by atoms with Crippen molar-refractivity contribution in [3.8, 4) is 0 Å². The minimum atomic E-state index is -0.456. The van der Waals surface area contributed by atoms with Crippen LogP contribution in [0.3, 0.4) is 0 Å². The van der Waals surface area contributed by atoms with Crippen LogP contribution in [0.2, 0.25) is 0 Å². The molecule has 0 bridgehead atoms. The van der Waals surface area contributed by atoms with E-state index in [2.05, 4.69) is 42.6 Å². The third kappa shape index (κ3) is 3.91. The Morgan fingerprint density at radius 2 is 2.00 bits per heavy atom. The molecule has 1 unspecified atom stereocenters. The summed E-state index contributed by atoms with van der Waals surface area (Å²) in [7, 11) is 0. The van der Waals surface area contributed by atoms with Gasteiger partial charge in [0, 0.05) is 13.1 Å². The number of amides is 1. The van der Waals surface area contributed by atoms with Gasteiger partial charge in [0.1, 0.15) is 0 Å². The molecule has 1 aliphatic rings. The van der Waals surface area contributed by atoms with E-state index in [-0.39, 0.29) is 18.5 Å². The van der Waals surface area contributed by atoms with Gasteiger partial charge in [0.2, 0.25) is 5.91 Å². The summed E-state index contributed by atoms with van der Waals surface area (Å²) >= 11 is 0. The maximum Gasteiger partial charge on any atom is 0.237 e. The van der Waals surface area contributed by atoms with Crippen molar-refractivity contribution in [2.24, 2.45) is 0 Å². The van der Waals surface area contributed by atoms with E-state index in [1.165, 1.54) is 16.7 Å². The van der Waals surface area contributed by atoms with E-state index >= 15 is 0 Å².